The van der Waals surface area contributed by atoms with Crippen LogP contribution in [0.2, 0.25) is 0 Å². The molecule has 0 aliphatic heterocycles. The average Bonchev–Trinajstić information content (AvgIpc) is 2.35. The van der Waals surface area contributed by atoms with E-state index in [0.717, 1.165) is 5.56 Å². The Balaban J connectivity index is 2.45. The molecule has 3 N–H and O–H groups in total. The first-order chi connectivity index (χ1) is 7.81. The first-order valence-corrected chi connectivity index (χ1v) is 5.30. The third-order valence-electron chi connectivity index (χ3n) is 2.48. The van der Waals surface area contributed by atoms with E-state index < -0.39 is 12.0 Å². The molecule has 1 rings (SSSR count). The molecule has 1 aromatic carbocycles. The maximum Gasteiger partial charge on any atom is 0.0882 e. The third-order valence-corrected chi connectivity index (χ3v) is 2.48. The summed E-state index contributed by atoms with van der Waals surface area (Å²) in [6, 6.07) is 9.56. The van der Waals surface area contributed by atoms with Gasteiger partial charge in [-0.15, -0.1) is 0 Å². The van der Waals surface area contributed by atoms with Crippen molar-refractivity contribution in [3.05, 3.63) is 35.9 Å². The van der Waals surface area contributed by atoms with Gasteiger partial charge in [0.1, 0.15) is 0 Å². The summed E-state index contributed by atoms with van der Waals surface area (Å²) in [7, 11) is 0. The molecule has 0 heterocycles. The Morgan fingerprint density at radius 2 is 1.56 bits per heavy atom. The molecule has 1 atom stereocenters. The summed E-state index contributed by atoms with van der Waals surface area (Å²) in [5, 5.41) is 27.0. The lowest BCUT2D eigenvalue weighted by molar-refractivity contribution is -0.0601. The number of hydrogen-bond acceptors (Lipinski definition) is 4. The van der Waals surface area contributed by atoms with Crippen LogP contribution < -0.4 is 0 Å². The number of aliphatic hydroxyl groups excluding tert-OH is 3. The molecule has 0 spiro atoms. The minimum atomic E-state index is -0.532. The molecule has 0 aliphatic rings. The molecule has 1 unspecified atom stereocenters. The molecule has 0 saturated carbocycles. The Kier molecular flexibility index (Phi) is 6.03. The number of hydrogen-bond donors (Lipinski definition) is 3. The van der Waals surface area contributed by atoms with E-state index in [1.54, 1.807) is 0 Å². The van der Waals surface area contributed by atoms with Gasteiger partial charge in [0.25, 0.3) is 0 Å². The van der Waals surface area contributed by atoms with Gasteiger partial charge < -0.3 is 20.1 Å². The predicted molar refractivity (Wildman–Crippen MR) is 59.8 cm³/mol. The highest BCUT2D eigenvalue weighted by Gasteiger charge is 2.20. The van der Waals surface area contributed by atoms with Crippen molar-refractivity contribution < 1.29 is 20.1 Å². The monoisotopic (exact) mass is 226 g/mol. The summed E-state index contributed by atoms with van der Waals surface area (Å²) < 4.78 is 5.45. The molecule has 0 aliphatic carbocycles. The van der Waals surface area contributed by atoms with Crippen molar-refractivity contribution >= 4 is 0 Å². The number of rotatable bonds is 7. The van der Waals surface area contributed by atoms with Crippen molar-refractivity contribution in [2.24, 2.45) is 5.92 Å². The van der Waals surface area contributed by atoms with Crippen molar-refractivity contribution in [3.63, 3.8) is 0 Å². The number of benzene rings is 1. The molecule has 0 aromatic heterocycles. The molecule has 1 aromatic rings. The summed E-state index contributed by atoms with van der Waals surface area (Å²) in [5.74, 6) is -0.436. The zero-order valence-electron chi connectivity index (χ0n) is 9.12. The normalized spacial score (nSPS) is 13.0. The molecular formula is C12H18O4. The lowest BCUT2D eigenvalue weighted by Crippen LogP contribution is -2.32. The van der Waals surface area contributed by atoms with E-state index in [4.69, 9.17) is 20.1 Å². The van der Waals surface area contributed by atoms with Crippen molar-refractivity contribution in [3.8, 4) is 0 Å². The van der Waals surface area contributed by atoms with E-state index in [-0.39, 0.29) is 19.8 Å². The number of aliphatic hydroxyl groups is 3. The standard InChI is InChI=1S/C12H18O4/c13-6-11(7-14)12(8-15)16-9-10-4-2-1-3-5-10/h1-5,11-15H,6-9H2. The molecule has 16 heavy (non-hydrogen) atoms. The highest BCUT2D eigenvalue weighted by Crippen LogP contribution is 2.10. The molecule has 0 radical (unpaired) electrons. The van der Waals surface area contributed by atoms with Crippen molar-refractivity contribution in [2.45, 2.75) is 12.7 Å². The molecule has 4 heteroatoms. The van der Waals surface area contributed by atoms with E-state index in [1.165, 1.54) is 0 Å². The minimum Gasteiger partial charge on any atom is -0.396 e. The van der Waals surface area contributed by atoms with E-state index in [0.29, 0.717) is 6.61 Å². The lowest BCUT2D eigenvalue weighted by atomic mass is 10.1. The first-order valence-electron chi connectivity index (χ1n) is 5.30. The Bertz CT molecular complexity index is 272. The summed E-state index contributed by atoms with van der Waals surface area (Å²) in [6.07, 6.45) is -0.532. The summed E-state index contributed by atoms with van der Waals surface area (Å²) >= 11 is 0. The lowest BCUT2D eigenvalue weighted by Gasteiger charge is -2.22. The van der Waals surface area contributed by atoms with Crippen LogP contribution in [0.15, 0.2) is 30.3 Å². The SMILES string of the molecule is OCC(CO)C(CO)OCc1ccccc1. The van der Waals surface area contributed by atoms with Crippen LogP contribution in [0, 0.1) is 5.92 Å². The van der Waals surface area contributed by atoms with Crippen LogP contribution in [0.5, 0.6) is 0 Å². The van der Waals surface area contributed by atoms with Crippen LogP contribution in [0.4, 0.5) is 0 Å². The van der Waals surface area contributed by atoms with E-state index in [9.17, 15) is 0 Å². The van der Waals surface area contributed by atoms with Crippen LogP contribution in [0.1, 0.15) is 5.56 Å². The maximum atomic E-state index is 9.09. The van der Waals surface area contributed by atoms with Gasteiger partial charge in [0.15, 0.2) is 0 Å². The largest absolute Gasteiger partial charge is 0.396 e. The zero-order valence-corrected chi connectivity index (χ0v) is 9.12. The Hall–Kier alpha value is -0.940. The fraction of sp³-hybridized carbons (Fsp3) is 0.500. The van der Waals surface area contributed by atoms with Crippen LogP contribution in [-0.2, 0) is 11.3 Å². The van der Waals surface area contributed by atoms with Crippen molar-refractivity contribution in [1.82, 2.24) is 0 Å². The van der Waals surface area contributed by atoms with Crippen LogP contribution in [0.25, 0.3) is 0 Å². The van der Waals surface area contributed by atoms with Crippen LogP contribution in [-0.4, -0.2) is 41.2 Å². The highest BCUT2D eigenvalue weighted by atomic mass is 16.5. The summed E-state index contributed by atoms with van der Waals surface area (Å²) in [5.41, 5.74) is 0.996. The molecular weight excluding hydrogens is 208 g/mol. The Morgan fingerprint density at radius 3 is 2.06 bits per heavy atom. The first kappa shape index (κ1) is 13.1. The van der Waals surface area contributed by atoms with E-state index in [2.05, 4.69) is 0 Å². The fourth-order valence-electron chi connectivity index (χ4n) is 1.41. The van der Waals surface area contributed by atoms with E-state index >= 15 is 0 Å². The van der Waals surface area contributed by atoms with Crippen LogP contribution in [0.3, 0.4) is 0 Å². The van der Waals surface area contributed by atoms with Gasteiger partial charge in [-0.1, -0.05) is 30.3 Å². The quantitative estimate of drug-likeness (QED) is 0.619. The predicted octanol–water partition coefficient (Wildman–Crippen LogP) is 0.165. The van der Waals surface area contributed by atoms with Gasteiger partial charge in [-0.2, -0.15) is 0 Å². The van der Waals surface area contributed by atoms with Gasteiger partial charge in [-0.3, -0.25) is 0 Å². The average molecular weight is 226 g/mol. The fourth-order valence-corrected chi connectivity index (χ4v) is 1.41. The third kappa shape index (κ3) is 3.90. The summed E-state index contributed by atoms with van der Waals surface area (Å²) in [4.78, 5) is 0. The van der Waals surface area contributed by atoms with E-state index in [1.807, 2.05) is 30.3 Å². The molecule has 0 bridgehead atoms. The summed E-state index contributed by atoms with van der Waals surface area (Å²) in [6.45, 7) is -0.242. The molecule has 90 valence electrons. The second kappa shape index (κ2) is 7.35. The smallest absolute Gasteiger partial charge is 0.0882 e. The highest BCUT2D eigenvalue weighted by molar-refractivity contribution is 5.13. The molecule has 0 saturated heterocycles. The van der Waals surface area contributed by atoms with Crippen molar-refractivity contribution in [2.75, 3.05) is 19.8 Å². The second-order valence-electron chi connectivity index (χ2n) is 3.64. The van der Waals surface area contributed by atoms with Gasteiger partial charge in [0.05, 0.1) is 32.5 Å². The second-order valence-corrected chi connectivity index (χ2v) is 3.64. The number of ether oxygens (including phenoxy) is 1. The van der Waals surface area contributed by atoms with Crippen LogP contribution >= 0.6 is 0 Å². The maximum absolute atomic E-state index is 9.09. The van der Waals surface area contributed by atoms with Gasteiger partial charge in [0, 0.05) is 5.92 Å². The van der Waals surface area contributed by atoms with Gasteiger partial charge >= 0.3 is 0 Å². The minimum absolute atomic E-state index is 0.198. The zero-order chi connectivity index (χ0) is 11.8. The molecule has 0 amide bonds. The Morgan fingerprint density at radius 1 is 0.938 bits per heavy atom. The van der Waals surface area contributed by atoms with Gasteiger partial charge in [-0.25, -0.2) is 0 Å². The topological polar surface area (TPSA) is 69.9 Å². The molecule has 0 fully saturated rings. The Labute approximate surface area is 95.1 Å². The van der Waals surface area contributed by atoms with Crippen molar-refractivity contribution in [1.29, 1.82) is 0 Å². The van der Waals surface area contributed by atoms with Gasteiger partial charge in [0.2, 0.25) is 0 Å². The molecule has 4 nitrogen and oxygen atoms in total. The van der Waals surface area contributed by atoms with Gasteiger partial charge in [-0.05, 0) is 5.56 Å².